The molecule has 0 saturated heterocycles. The molecule has 1 aromatic carbocycles. The highest BCUT2D eigenvalue weighted by Gasteiger charge is 2.16. The molecule has 0 fully saturated rings. The van der Waals surface area contributed by atoms with Crippen LogP contribution in [0.3, 0.4) is 0 Å². The number of non-ortho nitro benzene ring substituents is 1. The summed E-state index contributed by atoms with van der Waals surface area (Å²) in [6.07, 6.45) is 3.79. The fourth-order valence-corrected chi connectivity index (χ4v) is 2.71. The first kappa shape index (κ1) is 9.23. The SMILES string of the molecule is O=[N+]([O-])c1cccc2c1cc[n+]1ccsc21. The summed E-state index contributed by atoms with van der Waals surface area (Å²) in [6, 6.07) is 6.95. The third kappa shape index (κ3) is 1.18. The highest BCUT2D eigenvalue weighted by Crippen LogP contribution is 2.27. The van der Waals surface area contributed by atoms with Crippen molar-refractivity contribution in [3.63, 3.8) is 0 Å². The van der Waals surface area contributed by atoms with E-state index in [-0.39, 0.29) is 10.6 Å². The van der Waals surface area contributed by atoms with E-state index in [9.17, 15) is 10.1 Å². The number of hydrogen-bond acceptors (Lipinski definition) is 3. The molecule has 2 heterocycles. The molecule has 4 nitrogen and oxygen atoms in total. The number of aromatic nitrogens is 1. The maximum absolute atomic E-state index is 10.9. The average molecular weight is 231 g/mol. The van der Waals surface area contributed by atoms with Crippen molar-refractivity contribution in [3.8, 4) is 0 Å². The summed E-state index contributed by atoms with van der Waals surface area (Å²) in [6.45, 7) is 0. The maximum Gasteiger partial charge on any atom is 0.277 e. The van der Waals surface area contributed by atoms with Gasteiger partial charge in [0.05, 0.1) is 21.1 Å². The van der Waals surface area contributed by atoms with Crippen molar-refractivity contribution in [1.29, 1.82) is 0 Å². The van der Waals surface area contributed by atoms with Gasteiger partial charge in [0.15, 0.2) is 12.4 Å². The number of rotatable bonds is 1. The predicted molar refractivity (Wildman–Crippen MR) is 61.6 cm³/mol. The third-order valence-corrected chi connectivity index (χ3v) is 3.46. The molecule has 0 amide bonds. The summed E-state index contributed by atoms with van der Waals surface area (Å²) < 4.78 is 1.97. The highest BCUT2D eigenvalue weighted by atomic mass is 32.1. The fraction of sp³-hybridized carbons (Fsp3) is 0. The summed E-state index contributed by atoms with van der Waals surface area (Å²) in [5.74, 6) is 0. The number of pyridine rings is 1. The van der Waals surface area contributed by atoms with Crippen molar-refractivity contribution >= 4 is 32.6 Å². The summed E-state index contributed by atoms with van der Waals surface area (Å²) in [5, 5.41) is 14.5. The minimum absolute atomic E-state index is 0.161. The van der Waals surface area contributed by atoms with Crippen LogP contribution in [-0.4, -0.2) is 4.92 Å². The van der Waals surface area contributed by atoms with E-state index in [0.717, 1.165) is 10.2 Å². The molecule has 78 valence electrons. The largest absolute Gasteiger partial charge is 0.277 e. The maximum atomic E-state index is 10.9. The van der Waals surface area contributed by atoms with E-state index in [1.165, 1.54) is 6.07 Å². The molecule has 0 atom stereocenters. The lowest BCUT2D eigenvalue weighted by Crippen LogP contribution is -2.16. The first-order valence-electron chi connectivity index (χ1n) is 4.72. The van der Waals surface area contributed by atoms with Gasteiger partial charge in [-0.2, -0.15) is 4.40 Å². The van der Waals surface area contributed by atoms with Crippen LogP contribution in [0.25, 0.3) is 15.6 Å². The molecule has 0 spiro atoms. The van der Waals surface area contributed by atoms with Crippen molar-refractivity contribution in [2.75, 3.05) is 0 Å². The van der Waals surface area contributed by atoms with Gasteiger partial charge in [-0.05, 0) is 6.07 Å². The summed E-state index contributed by atoms with van der Waals surface area (Å²) >= 11 is 1.58. The number of nitrogens with zero attached hydrogens (tertiary/aromatic N) is 2. The predicted octanol–water partition coefficient (Wildman–Crippen LogP) is 2.55. The quantitative estimate of drug-likeness (QED) is 0.367. The molecule has 0 saturated carbocycles. The molecule has 0 aliphatic heterocycles. The Morgan fingerprint density at radius 3 is 2.88 bits per heavy atom. The first-order chi connectivity index (χ1) is 7.77. The zero-order valence-electron chi connectivity index (χ0n) is 8.16. The van der Waals surface area contributed by atoms with Gasteiger partial charge in [0.1, 0.15) is 0 Å². The standard InChI is InChI=1S/C11H7N2O2S/c14-13(15)10-3-1-2-9-8(10)4-5-12-6-7-16-11(9)12/h1-7H/q+1. The van der Waals surface area contributed by atoms with Gasteiger partial charge in [-0.3, -0.25) is 10.1 Å². The molecule has 2 aromatic heterocycles. The summed E-state index contributed by atoms with van der Waals surface area (Å²) in [7, 11) is 0. The second-order valence-corrected chi connectivity index (χ2v) is 4.32. The summed E-state index contributed by atoms with van der Waals surface area (Å²) in [4.78, 5) is 11.6. The molecular formula is C11H7N2O2S+. The van der Waals surface area contributed by atoms with Crippen LogP contribution in [-0.2, 0) is 0 Å². The van der Waals surface area contributed by atoms with Crippen LogP contribution in [0.4, 0.5) is 5.69 Å². The zero-order chi connectivity index (χ0) is 11.1. The number of hydrogen-bond donors (Lipinski definition) is 0. The van der Waals surface area contributed by atoms with Crippen LogP contribution in [0.1, 0.15) is 0 Å². The van der Waals surface area contributed by atoms with E-state index < -0.39 is 0 Å². The number of benzene rings is 1. The Kier molecular flexibility index (Phi) is 1.87. The highest BCUT2D eigenvalue weighted by molar-refractivity contribution is 7.15. The van der Waals surface area contributed by atoms with E-state index in [4.69, 9.17) is 0 Å². The minimum atomic E-state index is -0.341. The zero-order valence-corrected chi connectivity index (χ0v) is 8.98. The fourth-order valence-electron chi connectivity index (χ4n) is 1.84. The van der Waals surface area contributed by atoms with Gasteiger partial charge in [-0.25, -0.2) is 0 Å². The molecule has 0 aliphatic carbocycles. The Morgan fingerprint density at radius 1 is 1.19 bits per heavy atom. The second kappa shape index (κ2) is 3.24. The van der Waals surface area contributed by atoms with Crippen LogP contribution in [0, 0.1) is 10.1 Å². The second-order valence-electron chi connectivity index (χ2n) is 3.43. The van der Waals surface area contributed by atoms with Crippen molar-refractivity contribution in [3.05, 3.63) is 52.2 Å². The Bertz CT molecular complexity index is 705. The van der Waals surface area contributed by atoms with Crippen LogP contribution < -0.4 is 4.40 Å². The van der Waals surface area contributed by atoms with Gasteiger partial charge in [0.25, 0.3) is 10.5 Å². The van der Waals surface area contributed by atoms with Crippen LogP contribution >= 0.6 is 11.3 Å². The Labute approximate surface area is 94.5 Å². The normalized spacial score (nSPS) is 11.0. The molecule has 0 aliphatic rings. The minimum Gasteiger partial charge on any atom is -0.258 e. The summed E-state index contributed by atoms with van der Waals surface area (Å²) in [5.41, 5.74) is 0.161. The molecule has 16 heavy (non-hydrogen) atoms. The van der Waals surface area contributed by atoms with E-state index in [1.807, 2.05) is 28.2 Å². The topological polar surface area (TPSA) is 47.2 Å². The van der Waals surface area contributed by atoms with Crippen molar-refractivity contribution in [2.45, 2.75) is 0 Å². The number of nitro groups is 1. The van der Waals surface area contributed by atoms with E-state index >= 15 is 0 Å². The van der Waals surface area contributed by atoms with E-state index in [0.29, 0.717) is 5.39 Å². The van der Waals surface area contributed by atoms with E-state index in [1.54, 1.807) is 23.5 Å². The van der Waals surface area contributed by atoms with Crippen LogP contribution in [0.2, 0.25) is 0 Å². The average Bonchev–Trinajstić information content (AvgIpc) is 2.76. The molecule has 5 heteroatoms. The van der Waals surface area contributed by atoms with Gasteiger partial charge >= 0.3 is 0 Å². The third-order valence-electron chi connectivity index (χ3n) is 2.55. The number of fused-ring (bicyclic) bond motifs is 3. The Hall–Kier alpha value is -2.01. The lowest BCUT2D eigenvalue weighted by Gasteiger charge is -1.96. The van der Waals surface area contributed by atoms with Crippen LogP contribution in [0.15, 0.2) is 42.0 Å². The Morgan fingerprint density at radius 2 is 2.06 bits per heavy atom. The smallest absolute Gasteiger partial charge is 0.258 e. The molecule has 0 unspecified atom stereocenters. The first-order valence-corrected chi connectivity index (χ1v) is 5.60. The molecule has 0 bridgehead atoms. The van der Waals surface area contributed by atoms with Crippen molar-refractivity contribution in [1.82, 2.24) is 0 Å². The van der Waals surface area contributed by atoms with Gasteiger partial charge in [-0.1, -0.05) is 17.4 Å². The van der Waals surface area contributed by atoms with Crippen LogP contribution in [0.5, 0.6) is 0 Å². The molecule has 0 N–H and O–H groups in total. The van der Waals surface area contributed by atoms with E-state index in [2.05, 4.69) is 0 Å². The van der Waals surface area contributed by atoms with Gasteiger partial charge < -0.3 is 0 Å². The number of nitro benzene ring substituents is 1. The van der Waals surface area contributed by atoms with Gasteiger partial charge in [0.2, 0.25) is 0 Å². The molecule has 0 radical (unpaired) electrons. The molecule has 3 rings (SSSR count). The molecular weight excluding hydrogens is 224 g/mol. The van der Waals surface area contributed by atoms with Gasteiger partial charge in [0, 0.05) is 12.1 Å². The van der Waals surface area contributed by atoms with Crippen molar-refractivity contribution in [2.24, 2.45) is 0 Å². The molecule has 3 aromatic rings. The lowest BCUT2D eigenvalue weighted by molar-refractivity contribution is -0.506. The monoisotopic (exact) mass is 231 g/mol. The Balaban J connectivity index is 2.53. The lowest BCUT2D eigenvalue weighted by atomic mass is 10.1. The van der Waals surface area contributed by atoms with Gasteiger partial charge in [-0.15, -0.1) is 0 Å². The number of thiazole rings is 1. The van der Waals surface area contributed by atoms with Crippen molar-refractivity contribution < 1.29 is 9.32 Å².